The molecule has 1 heterocycles. The number of carbonyl (C=O) groups is 2. The van der Waals surface area contributed by atoms with Crippen molar-refractivity contribution in [3.05, 3.63) is 0 Å². The lowest BCUT2D eigenvalue weighted by Crippen LogP contribution is -2.32. The Hall–Kier alpha value is -1.06. The summed E-state index contributed by atoms with van der Waals surface area (Å²) in [6, 6.07) is 0. The Balaban J connectivity index is 1.65. The van der Waals surface area contributed by atoms with Gasteiger partial charge in [0.15, 0.2) is 0 Å². The molecule has 4 nitrogen and oxygen atoms in total. The summed E-state index contributed by atoms with van der Waals surface area (Å²) in [6.07, 6.45) is 6.55. The minimum Gasteiger partial charge on any atom is -0.465 e. The summed E-state index contributed by atoms with van der Waals surface area (Å²) in [5.41, 5.74) is 0. The molecule has 3 fully saturated rings. The van der Waals surface area contributed by atoms with E-state index in [0.29, 0.717) is 18.9 Å². The van der Waals surface area contributed by atoms with Gasteiger partial charge in [0, 0.05) is 6.92 Å². The van der Waals surface area contributed by atoms with Gasteiger partial charge in [-0.2, -0.15) is 0 Å². The molecule has 5 unspecified atom stereocenters. The number of cyclic esters (lactones) is 1. The molecule has 1 saturated heterocycles. The maximum Gasteiger partial charge on any atom is 0.312 e. The smallest absolute Gasteiger partial charge is 0.312 e. The molecular weight excluding hydrogens is 244 g/mol. The average molecular weight is 266 g/mol. The zero-order chi connectivity index (χ0) is 13.4. The molecule has 2 saturated carbocycles. The molecule has 3 rings (SSSR count). The van der Waals surface area contributed by atoms with Crippen LogP contribution in [-0.4, -0.2) is 24.6 Å². The van der Waals surface area contributed by atoms with Crippen LogP contribution in [0.25, 0.3) is 0 Å². The van der Waals surface area contributed by atoms with E-state index in [1.54, 1.807) is 0 Å². The fourth-order valence-electron chi connectivity index (χ4n) is 4.32. The molecule has 2 aliphatic carbocycles. The molecule has 0 aromatic heterocycles. The van der Waals surface area contributed by atoms with E-state index in [4.69, 9.17) is 9.47 Å². The molecule has 0 amide bonds. The first kappa shape index (κ1) is 12.9. The van der Waals surface area contributed by atoms with Crippen molar-refractivity contribution >= 4 is 11.9 Å². The molecule has 5 atom stereocenters. The second-order valence-electron chi connectivity index (χ2n) is 6.38. The summed E-state index contributed by atoms with van der Waals surface area (Å²) in [7, 11) is 0. The Morgan fingerprint density at radius 2 is 2.21 bits per heavy atom. The molecular formula is C15H22O4. The fraction of sp³-hybridized carbons (Fsp3) is 0.867. The predicted octanol–water partition coefficient (Wildman–Crippen LogP) is 2.31. The van der Waals surface area contributed by atoms with Crippen LogP contribution in [0.2, 0.25) is 0 Å². The largest absolute Gasteiger partial charge is 0.465 e. The van der Waals surface area contributed by atoms with Gasteiger partial charge in [-0.3, -0.25) is 9.59 Å². The number of carbonyl (C=O) groups excluding carboxylic acids is 2. The van der Waals surface area contributed by atoms with Crippen LogP contribution >= 0.6 is 0 Å². The van der Waals surface area contributed by atoms with Crippen LogP contribution in [0, 0.1) is 23.7 Å². The maximum atomic E-state index is 11.7. The summed E-state index contributed by atoms with van der Waals surface area (Å²) in [4.78, 5) is 23.0. The lowest BCUT2D eigenvalue weighted by Gasteiger charge is -2.28. The summed E-state index contributed by atoms with van der Waals surface area (Å²) in [6.45, 7) is 1.89. The molecule has 0 aromatic carbocycles. The first-order chi connectivity index (χ1) is 9.13. The van der Waals surface area contributed by atoms with E-state index in [0.717, 1.165) is 18.3 Å². The third kappa shape index (κ3) is 2.63. The van der Waals surface area contributed by atoms with Gasteiger partial charge in [0.05, 0.1) is 12.5 Å². The lowest BCUT2D eigenvalue weighted by atomic mass is 9.82. The van der Waals surface area contributed by atoms with Gasteiger partial charge < -0.3 is 9.47 Å². The third-order valence-corrected chi connectivity index (χ3v) is 5.16. The number of fused-ring (bicyclic) bond motifs is 2. The first-order valence-electron chi connectivity index (χ1n) is 7.47. The van der Waals surface area contributed by atoms with Crippen molar-refractivity contribution < 1.29 is 19.1 Å². The normalized spacial score (nSPS) is 38.3. The number of hydrogen-bond donors (Lipinski definition) is 0. The predicted molar refractivity (Wildman–Crippen MR) is 68.2 cm³/mol. The molecule has 0 N–H and O–H groups in total. The average Bonchev–Trinajstić information content (AvgIpc) is 3.03. The highest BCUT2D eigenvalue weighted by atomic mass is 16.6. The van der Waals surface area contributed by atoms with Gasteiger partial charge in [0.1, 0.15) is 6.10 Å². The molecule has 0 aromatic rings. The molecule has 0 spiro atoms. The summed E-state index contributed by atoms with van der Waals surface area (Å²) >= 11 is 0. The van der Waals surface area contributed by atoms with Crippen LogP contribution in [0.4, 0.5) is 0 Å². The second-order valence-corrected chi connectivity index (χ2v) is 6.38. The van der Waals surface area contributed by atoms with E-state index in [1.807, 2.05) is 0 Å². The number of hydrogen-bond acceptors (Lipinski definition) is 4. The SMILES string of the molecule is CC(=O)OC(CC1CC2CCC1C2)C1CCOC1=O. The molecule has 4 heteroatoms. The van der Waals surface area contributed by atoms with Crippen molar-refractivity contribution in [2.45, 2.75) is 51.6 Å². The third-order valence-electron chi connectivity index (χ3n) is 5.16. The van der Waals surface area contributed by atoms with E-state index in [1.165, 1.54) is 32.6 Å². The van der Waals surface area contributed by atoms with Crippen LogP contribution in [0.3, 0.4) is 0 Å². The van der Waals surface area contributed by atoms with Crippen molar-refractivity contribution in [3.8, 4) is 0 Å². The highest BCUT2D eigenvalue weighted by Crippen LogP contribution is 2.50. The van der Waals surface area contributed by atoms with Crippen molar-refractivity contribution in [1.82, 2.24) is 0 Å². The van der Waals surface area contributed by atoms with E-state index < -0.39 is 0 Å². The summed E-state index contributed by atoms with van der Waals surface area (Å²) in [5.74, 6) is 1.60. The van der Waals surface area contributed by atoms with Gasteiger partial charge in [-0.05, 0) is 49.9 Å². The minimum atomic E-state index is -0.284. The topological polar surface area (TPSA) is 52.6 Å². The van der Waals surface area contributed by atoms with Gasteiger partial charge in [-0.1, -0.05) is 6.42 Å². The minimum absolute atomic E-state index is 0.186. The summed E-state index contributed by atoms with van der Waals surface area (Å²) < 4.78 is 10.5. The van der Waals surface area contributed by atoms with Crippen LogP contribution in [0.5, 0.6) is 0 Å². The van der Waals surface area contributed by atoms with Crippen molar-refractivity contribution in [2.24, 2.45) is 23.7 Å². The molecule has 2 bridgehead atoms. The van der Waals surface area contributed by atoms with Gasteiger partial charge in [0.2, 0.25) is 0 Å². The molecule has 0 radical (unpaired) electrons. The van der Waals surface area contributed by atoms with Crippen molar-refractivity contribution in [3.63, 3.8) is 0 Å². The standard InChI is InChI=1S/C15H22O4/c1-9(16)19-14(13-4-5-18-15(13)17)8-12-7-10-2-3-11(12)6-10/h10-14H,2-8H2,1H3. The Labute approximate surface area is 113 Å². The fourth-order valence-corrected chi connectivity index (χ4v) is 4.32. The zero-order valence-corrected chi connectivity index (χ0v) is 11.5. The van der Waals surface area contributed by atoms with E-state index >= 15 is 0 Å². The van der Waals surface area contributed by atoms with Crippen LogP contribution in [0.1, 0.15) is 45.4 Å². The Morgan fingerprint density at radius 1 is 1.37 bits per heavy atom. The lowest BCUT2D eigenvalue weighted by molar-refractivity contribution is -0.155. The van der Waals surface area contributed by atoms with Gasteiger partial charge in [-0.25, -0.2) is 0 Å². The Morgan fingerprint density at radius 3 is 2.74 bits per heavy atom. The van der Waals surface area contributed by atoms with Crippen LogP contribution in [-0.2, 0) is 19.1 Å². The number of rotatable bonds is 4. The van der Waals surface area contributed by atoms with E-state index in [-0.39, 0.29) is 24.0 Å². The Bertz CT molecular complexity index is 378. The maximum absolute atomic E-state index is 11.7. The molecule has 3 aliphatic rings. The molecule has 1 aliphatic heterocycles. The highest BCUT2D eigenvalue weighted by Gasteiger charge is 2.44. The van der Waals surface area contributed by atoms with Gasteiger partial charge >= 0.3 is 11.9 Å². The second kappa shape index (κ2) is 5.14. The molecule has 19 heavy (non-hydrogen) atoms. The quantitative estimate of drug-likeness (QED) is 0.733. The van der Waals surface area contributed by atoms with Gasteiger partial charge in [0.25, 0.3) is 0 Å². The Kier molecular flexibility index (Phi) is 3.50. The monoisotopic (exact) mass is 266 g/mol. The van der Waals surface area contributed by atoms with Crippen LogP contribution < -0.4 is 0 Å². The number of ether oxygens (including phenoxy) is 2. The van der Waals surface area contributed by atoms with Gasteiger partial charge in [-0.15, -0.1) is 0 Å². The number of esters is 2. The summed E-state index contributed by atoms with van der Waals surface area (Å²) in [5, 5.41) is 0. The molecule has 106 valence electrons. The zero-order valence-electron chi connectivity index (χ0n) is 11.5. The first-order valence-corrected chi connectivity index (χ1v) is 7.47. The van der Waals surface area contributed by atoms with E-state index in [2.05, 4.69) is 0 Å². The van der Waals surface area contributed by atoms with E-state index in [9.17, 15) is 9.59 Å². The highest BCUT2D eigenvalue weighted by molar-refractivity contribution is 5.75. The van der Waals surface area contributed by atoms with Crippen molar-refractivity contribution in [2.75, 3.05) is 6.61 Å². The van der Waals surface area contributed by atoms with Crippen molar-refractivity contribution in [1.29, 1.82) is 0 Å². The van der Waals surface area contributed by atoms with Crippen LogP contribution in [0.15, 0.2) is 0 Å².